The van der Waals surface area contributed by atoms with Crippen LogP contribution < -0.4 is 14.8 Å². The van der Waals surface area contributed by atoms with Gasteiger partial charge in [0.2, 0.25) is 0 Å². The minimum absolute atomic E-state index is 0.167. The number of ether oxygens (including phenoxy) is 5. The number of hydrogen-bond donors (Lipinski definition) is 1. The first kappa shape index (κ1) is 23.2. The number of esters is 1. The lowest BCUT2D eigenvalue weighted by Crippen LogP contribution is -2.30. The molecular formula is C22H27NO7. The van der Waals surface area contributed by atoms with Gasteiger partial charge in [0.25, 0.3) is 0 Å². The summed E-state index contributed by atoms with van der Waals surface area (Å²) < 4.78 is 26.1. The van der Waals surface area contributed by atoms with Crippen LogP contribution in [-0.2, 0) is 19.0 Å². The first-order chi connectivity index (χ1) is 14.5. The minimum atomic E-state index is -0.558. The number of rotatable bonds is 12. The Kier molecular flexibility index (Phi) is 9.63. The number of hydrogen-bond acceptors (Lipinski definition) is 7. The predicted octanol–water partition coefficient (Wildman–Crippen LogP) is 3.09. The number of fused-ring (bicyclic) bond motifs is 1. The largest absolute Gasteiger partial charge is 0.497 e. The van der Waals surface area contributed by atoms with Crippen molar-refractivity contribution in [2.75, 3.05) is 46.7 Å². The van der Waals surface area contributed by atoms with Crippen molar-refractivity contribution in [2.24, 2.45) is 0 Å². The molecule has 0 aliphatic heterocycles. The topological polar surface area (TPSA) is 92.3 Å². The van der Waals surface area contributed by atoms with Crippen LogP contribution in [0.1, 0.15) is 6.92 Å². The Morgan fingerprint density at radius 1 is 1.00 bits per heavy atom. The van der Waals surface area contributed by atoms with E-state index in [1.54, 1.807) is 20.1 Å². The highest BCUT2D eigenvalue weighted by atomic mass is 16.6. The monoisotopic (exact) mass is 417 g/mol. The molecule has 8 nitrogen and oxygen atoms in total. The van der Waals surface area contributed by atoms with Gasteiger partial charge in [-0.2, -0.15) is 0 Å². The summed E-state index contributed by atoms with van der Waals surface area (Å²) >= 11 is 0. The molecule has 0 aromatic heterocycles. The Labute approximate surface area is 175 Å². The summed E-state index contributed by atoms with van der Waals surface area (Å²) in [4.78, 5) is 23.2. The van der Waals surface area contributed by atoms with Crippen LogP contribution in [-0.4, -0.2) is 58.8 Å². The quantitative estimate of drug-likeness (QED) is 0.322. The van der Waals surface area contributed by atoms with Crippen LogP contribution in [0, 0.1) is 0 Å². The SMILES string of the molecule is C=C(C)C(=O)OCCOCCOCCNC(=O)Oc1cccc2cc(OC)ccc12. The second-order valence-electron chi connectivity index (χ2n) is 6.30. The zero-order chi connectivity index (χ0) is 21.8. The van der Waals surface area contributed by atoms with E-state index in [9.17, 15) is 9.59 Å². The van der Waals surface area contributed by atoms with Gasteiger partial charge < -0.3 is 29.0 Å². The van der Waals surface area contributed by atoms with Crippen molar-refractivity contribution in [3.05, 3.63) is 48.6 Å². The number of carbonyl (C=O) groups excluding carboxylic acids is 2. The Morgan fingerprint density at radius 2 is 1.73 bits per heavy atom. The number of methoxy groups -OCH3 is 1. The lowest BCUT2D eigenvalue weighted by molar-refractivity contribution is -0.140. The smallest absolute Gasteiger partial charge is 0.412 e. The molecule has 0 spiro atoms. The third-order valence-electron chi connectivity index (χ3n) is 3.95. The fraction of sp³-hybridized carbons (Fsp3) is 0.364. The van der Waals surface area contributed by atoms with Crippen molar-refractivity contribution in [1.29, 1.82) is 0 Å². The van der Waals surface area contributed by atoms with E-state index in [-0.39, 0.29) is 13.2 Å². The molecule has 8 heteroatoms. The molecule has 162 valence electrons. The summed E-state index contributed by atoms with van der Waals surface area (Å²) in [6.07, 6.45) is -0.558. The number of nitrogens with one attached hydrogen (secondary N) is 1. The maximum absolute atomic E-state index is 12.0. The van der Waals surface area contributed by atoms with Gasteiger partial charge in [-0.15, -0.1) is 0 Å². The van der Waals surface area contributed by atoms with Gasteiger partial charge in [-0.05, 0) is 36.6 Å². The number of carbonyl (C=O) groups is 2. The summed E-state index contributed by atoms with van der Waals surface area (Å²) in [5.41, 5.74) is 0.352. The Hall–Kier alpha value is -3.10. The molecule has 2 aromatic carbocycles. The molecule has 0 heterocycles. The summed E-state index contributed by atoms with van der Waals surface area (Å²) in [5.74, 6) is 0.767. The average Bonchev–Trinajstić information content (AvgIpc) is 2.74. The maximum Gasteiger partial charge on any atom is 0.412 e. The molecule has 0 atom stereocenters. The van der Waals surface area contributed by atoms with E-state index in [0.717, 1.165) is 16.5 Å². The molecule has 0 radical (unpaired) electrons. The van der Waals surface area contributed by atoms with E-state index in [1.807, 2.05) is 30.3 Å². The molecule has 0 aliphatic carbocycles. The van der Waals surface area contributed by atoms with Crippen LogP contribution in [0.3, 0.4) is 0 Å². The van der Waals surface area contributed by atoms with Gasteiger partial charge in [-0.25, -0.2) is 9.59 Å². The zero-order valence-corrected chi connectivity index (χ0v) is 17.3. The molecule has 30 heavy (non-hydrogen) atoms. The second-order valence-corrected chi connectivity index (χ2v) is 6.30. The molecule has 0 aliphatic rings. The highest BCUT2D eigenvalue weighted by Crippen LogP contribution is 2.28. The van der Waals surface area contributed by atoms with Gasteiger partial charge in [0.1, 0.15) is 18.1 Å². The normalized spacial score (nSPS) is 10.5. The van der Waals surface area contributed by atoms with Crippen molar-refractivity contribution in [1.82, 2.24) is 5.32 Å². The maximum atomic E-state index is 12.0. The molecule has 0 saturated carbocycles. The van der Waals surface area contributed by atoms with Crippen LogP contribution in [0.5, 0.6) is 11.5 Å². The second kappa shape index (κ2) is 12.5. The van der Waals surface area contributed by atoms with Crippen molar-refractivity contribution in [3.8, 4) is 11.5 Å². The number of benzene rings is 2. The third-order valence-corrected chi connectivity index (χ3v) is 3.95. The minimum Gasteiger partial charge on any atom is -0.497 e. The third kappa shape index (κ3) is 7.73. The average molecular weight is 417 g/mol. The van der Waals surface area contributed by atoms with Crippen molar-refractivity contribution in [3.63, 3.8) is 0 Å². The molecule has 2 aromatic rings. The fourth-order valence-electron chi connectivity index (χ4n) is 2.45. The first-order valence-corrected chi connectivity index (χ1v) is 9.52. The summed E-state index contributed by atoms with van der Waals surface area (Å²) in [7, 11) is 1.60. The van der Waals surface area contributed by atoms with Crippen molar-refractivity contribution < 1.29 is 33.3 Å². The highest BCUT2D eigenvalue weighted by Gasteiger charge is 2.08. The molecule has 0 saturated heterocycles. The summed E-state index contributed by atoms with van der Waals surface area (Å²) in [6.45, 7) is 6.85. The van der Waals surface area contributed by atoms with E-state index in [4.69, 9.17) is 23.7 Å². The van der Waals surface area contributed by atoms with E-state index >= 15 is 0 Å². The summed E-state index contributed by atoms with van der Waals surface area (Å²) in [6, 6.07) is 11.0. The molecule has 0 unspecified atom stereocenters. The van der Waals surface area contributed by atoms with Crippen LogP contribution in [0.15, 0.2) is 48.6 Å². The van der Waals surface area contributed by atoms with Gasteiger partial charge in [-0.1, -0.05) is 18.7 Å². The van der Waals surface area contributed by atoms with Crippen LogP contribution in [0.25, 0.3) is 10.8 Å². The van der Waals surface area contributed by atoms with E-state index < -0.39 is 12.1 Å². The molecule has 1 amide bonds. The van der Waals surface area contributed by atoms with Gasteiger partial charge in [0.15, 0.2) is 0 Å². The fourth-order valence-corrected chi connectivity index (χ4v) is 2.45. The van der Waals surface area contributed by atoms with E-state index in [2.05, 4.69) is 11.9 Å². The van der Waals surface area contributed by atoms with Gasteiger partial charge >= 0.3 is 12.1 Å². The van der Waals surface area contributed by atoms with Crippen molar-refractivity contribution in [2.45, 2.75) is 6.92 Å². The lowest BCUT2D eigenvalue weighted by atomic mass is 10.1. The van der Waals surface area contributed by atoms with Crippen LogP contribution in [0.2, 0.25) is 0 Å². The molecular weight excluding hydrogens is 390 g/mol. The van der Waals surface area contributed by atoms with Crippen LogP contribution in [0.4, 0.5) is 4.79 Å². The zero-order valence-electron chi connectivity index (χ0n) is 17.3. The lowest BCUT2D eigenvalue weighted by Gasteiger charge is -2.10. The van der Waals surface area contributed by atoms with E-state index in [0.29, 0.717) is 37.7 Å². The Morgan fingerprint density at radius 3 is 2.47 bits per heavy atom. The number of amides is 1. The Balaban J connectivity index is 1.58. The van der Waals surface area contributed by atoms with Crippen molar-refractivity contribution >= 4 is 22.8 Å². The molecule has 1 N–H and O–H groups in total. The molecule has 0 bridgehead atoms. The Bertz CT molecular complexity index is 866. The predicted molar refractivity (Wildman–Crippen MR) is 112 cm³/mol. The van der Waals surface area contributed by atoms with Crippen LogP contribution >= 0.6 is 0 Å². The van der Waals surface area contributed by atoms with Gasteiger partial charge in [0, 0.05) is 17.5 Å². The van der Waals surface area contributed by atoms with E-state index in [1.165, 1.54) is 0 Å². The highest BCUT2D eigenvalue weighted by molar-refractivity contribution is 5.91. The molecule has 2 rings (SSSR count). The summed E-state index contributed by atoms with van der Waals surface area (Å²) in [5, 5.41) is 4.37. The van der Waals surface area contributed by atoms with Gasteiger partial charge in [-0.3, -0.25) is 0 Å². The first-order valence-electron chi connectivity index (χ1n) is 9.52. The standard InChI is InChI=1S/C22H27NO7/c1-16(2)21(24)29-14-13-28-12-11-27-10-9-23-22(25)30-20-6-4-5-17-15-18(26-3)7-8-19(17)20/h4-8,15H,1,9-14H2,2-3H3,(H,23,25). The van der Waals surface area contributed by atoms with Gasteiger partial charge in [0.05, 0.1) is 33.5 Å². The molecule has 0 fully saturated rings.